The smallest absolute Gasteiger partial charge is 0.366 e. The maximum absolute atomic E-state index is 12.1. The number of carbonyl (C=O) groups is 1. The van der Waals surface area contributed by atoms with Crippen LogP contribution < -0.4 is 10.2 Å². The van der Waals surface area contributed by atoms with E-state index < -0.39 is 23.6 Å². The van der Waals surface area contributed by atoms with Gasteiger partial charge in [-0.25, -0.2) is 0 Å². The van der Waals surface area contributed by atoms with Crippen LogP contribution in [-0.2, 0) is 0 Å². The van der Waals surface area contributed by atoms with E-state index in [4.69, 9.17) is 0 Å². The summed E-state index contributed by atoms with van der Waals surface area (Å²) in [6, 6.07) is 3.72. The van der Waals surface area contributed by atoms with Crippen LogP contribution in [0.15, 0.2) is 18.2 Å². The number of nitrogens with one attached hydrogen (secondary N) is 1. The van der Waals surface area contributed by atoms with Crippen molar-refractivity contribution in [2.75, 3.05) is 24.5 Å². The summed E-state index contributed by atoms with van der Waals surface area (Å²) in [7, 11) is 0. The molecule has 6 nitrogen and oxygen atoms in total. The topological polar surface area (TPSA) is 75.5 Å². The van der Waals surface area contributed by atoms with Gasteiger partial charge in [0.25, 0.3) is 11.6 Å². The van der Waals surface area contributed by atoms with Crippen LogP contribution in [0.2, 0.25) is 0 Å². The monoisotopic (exact) mass is 317 g/mol. The van der Waals surface area contributed by atoms with Crippen molar-refractivity contribution >= 4 is 17.3 Å². The SMILES string of the molecule is O=C(NCC(F)(F)F)c1ccc(N2CCCC2)c([N+](=O)[O-])c1. The van der Waals surface area contributed by atoms with E-state index in [-0.39, 0.29) is 11.3 Å². The van der Waals surface area contributed by atoms with E-state index >= 15 is 0 Å². The lowest BCUT2D eigenvalue weighted by molar-refractivity contribution is -0.384. The number of rotatable bonds is 4. The summed E-state index contributed by atoms with van der Waals surface area (Å²) >= 11 is 0. The molecule has 2 rings (SSSR count). The first-order valence-electron chi connectivity index (χ1n) is 6.66. The molecule has 0 atom stereocenters. The Kier molecular flexibility index (Phi) is 4.53. The van der Waals surface area contributed by atoms with Gasteiger partial charge in [0, 0.05) is 24.7 Å². The lowest BCUT2D eigenvalue weighted by Crippen LogP contribution is -2.33. The molecule has 22 heavy (non-hydrogen) atoms. The van der Waals surface area contributed by atoms with Crippen LogP contribution in [0.5, 0.6) is 0 Å². The minimum atomic E-state index is -4.53. The molecule has 0 aromatic heterocycles. The van der Waals surface area contributed by atoms with Gasteiger partial charge in [0.15, 0.2) is 0 Å². The summed E-state index contributed by atoms with van der Waals surface area (Å²) in [6.45, 7) is -0.117. The summed E-state index contributed by atoms with van der Waals surface area (Å²) in [5, 5.41) is 12.8. The van der Waals surface area contributed by atoms with Crippen molar-refractivity contribution in [3.8, 4) is 0 Å². The zero-order chi connectivity index (χ0) is 16.3. The van der Waals surface area contributed by atoms with Crippen LogP contribution >= 0.6 is 0 Å². The molecule has 0 bridgehead atoms. The second-order valence-corrected chi connectivity index (χ2v) is 4.95. The minimum absolute atomic E-state index is 0.168. The van der Waals surface area contributed by atoms with Crippen LogP contribution in [-0.4, -0.2) is 36.6 Å². The van der Waals surface area contributed by atoms with Gasteiger partial charge in [0.05, 0.1) is 4.92 Å². The van der Waals surface area contributed by atoms with E-state index in [0.29, 0.717) is 18.8 Å². The summed E-state index contributed by atoms with van der Waals surface area (Å²) in [5.74, 6) is -0.992. The second-order valence-electron chi connectivity index (χ2n) is 4.95. The Hall–Kier alpha value is -2.32. The van der Waals surface area contributed by atoms with Gasteiger partial charge in [-0.05, 0) is 25.0 Å². The minimum Gasteiger partial charge on any atom is -0.366 e. The molecule has 1 aromatic carbocycles. The molecule has 0 aliphatic carbocycles. The van der Waals surface area contributed by atoms with E-state index in [0.717, 1.165) is 18.9 Å². The van der Waals surface area contributed by atoms with E-state index in [1.54, 1.807) is 5.32 Å². The highest BCUT2D eigenvalue weighted by Crippen LogP contribution is 2.31. The zero-order valence-corrected chi connectivity index (χ0v) is 11.5. The third-order valence-electron chi connectivity index (χ3n) is 3.33. The molecule has 1 aliphatic heterocycles. The zero-order valence-electron chi connectivity index (χ0n) is 11.5. The third-order valence-corrected chi connectivity index (χ3v) is 3.33. The maximum Gasteiger partial charge on any atom is 0.405 e. The van der Waals surface area contributed by atoms with Gasteiger partial charge in [-0.15, -0.1) is 0 Å². The molecule has 0 spiro atoms. The number of anilines is 1. The molecule has 0 radical (unpaired) electrons. The van der Waals surface area contributed by atoms with Crippen molar-refractivity contribution in [3.63, 3.8) is 0 Å². The van der Waals surface area contributed by atoms with Crippen LogP contribution in [0.4, 0.5) is 24.5 Å². The Morgan fingerprint density at radius 1 is 1.32 bits per heavy atom. The number of alkyl halides is 3. The fraction of sp³-hybridized carbons (Fsp3) is 0.462. The average molecular weight is 317 g/mol. The van der Waals surface area contributed by atoms with E-state index in [1.165, 1.54) is 12.1 Å². The summed E-state index contributed by atoms with van der Waals surface area (Å²) in [4.78, 5) is 24.0. The van der Waals surface area contributed by atoms with Crippen LogP contribution in [0.1, 0.15) is 23.2 Å². The van der Waals surface area contributed by atoms with E-state index in [9.17, 15) is 28.1 Å². The lowest BCUT2D eigenvalue weighted by atomic mass is 10.1. The molecule has 1 aliphatic rings. The molecule has 1 aromatic rings. The summed E-state index contributed by atoms with van der Waals surface area (Å²) in [5.41, 5.74) is -0.0599. The summed E-state index contributed by atoms with van der Waals surface area (Å²) in [6.07, 6.45) is -2.69. The number of benzene rings is 1. The molecule has 1 fully saturated rings. The molecule has 9 heteroatoms. The number of carbonyl (C=O) groups excluding carboxylic acids is 1. The van der Waals surface area contributed by atoms with Gasteiger partial charge in [-0.1, -0.05) is 0 Å². The van der Waals surface area contributed by atoms with Crippen molar-refractivity contribution in [2.45, 2.75) is 19.0 Å². The number of hydrogen-bond donors (Lipinski definition) is 1. The van der Waals surface area contributed by atoms with Gasteiger partial charge >= 0.3 is 6.18 Å². The highest BCUT2D eigenvalue weighted by molar-refractivity contribution is 5.95. The standard InChI is InChI=1S/C13H14F3N3O3/c14-13(15,16)8-17-12(20)9-3-4-10(11(7-9)19(21)22)18-5-1-2-6-18/h3-4,7H,1-2,5-6,8H2,(H,17,20). The average Bonchev–Trinajstić information content (AvgIpc) is 2.97. The van der Waals surface area contributed by atoms with Gasteiger partial charge in [-0.3, -0.25) is 14.9 Å². The predicted molar refractivity (Wildman–Crippen MR) is 72.9 cm³/mol. The first-order valence-corrected chi connectivity index (χ1v) is 6.66. The molecule has 1 amide bonds. The fourth-order valence-corrected chi connectivity index (χ4v) is 2.32. The van der Waals surface area contributed by atoms with E-state index in [2.05, 4.69) is 0 Å². The molecular weight excluding hydrogens is 303 g/mol. The Bertz CT molecular complexity index is 584. The van der Waals surface area contributed by atoms with Gasteiger partial charge in [0.2, 0.25) is 0 Å². The van der Waals surface area contributed by atoms with Crippen molar-refractivity contribution in [1.29, 1.82) is 0 Å². The first kappa shape index (κ1) is 16.1. The summed E-state index contributed by atoms with van der Waals surface area (Å²) < 4.78 is 36.2. The predicted octanol–water partition coefficient (Wildman–Crippen LogP) is 2.49. The maximum atomic E-state index is 12.1. The number of nitro benzene ring substituents is 1. The van der Waals surface area contributed by atoms with Gasteiger partial charge in [-0.2, -0.15) is 13.2 Å². The van der Waals surface area contributed by atoms with Crippen LogP contribution in [0.3, 0.4) is 0 Å². The highest BCUT2D eigenvalue weighted by Gasteiger charge is 2.29. The highest BCUT2D eigenvalue weighted by atomic mass is 19.4. The number of amides is 1. The molecule has 0 saturated carbocycles. The van der Waals surface area contributed by atoms with E-state index in [1.807, 2.05) is 4.90 Å². The molecule has 1 N–H and O–H groups in total. The molecular formula is C13H14F3N3O3. The van der Waals surface area contributed by atoms with Crippen molar-refractivity contribution in [2.24, 2.45) is 0 Å². The van der Waals surface area contributed by atoms with Gasteiger partial charge < -0.3 is 10.2 Å². The van der Waals surface area contributed by atoms with Crippen molar-refractivity contribution in [1.82, 2.24) is 5.32 Å². The largest absolute Gasteiger partial charge is 0.405 e. The van der Waals surface area contributed by atoms with Crippen LogP contribution in [0, 0.1) is 10.1 Å². The molecule has 1 saturated heterocycles. The first-order chi connectivity index (χ1) is 10.3. The molecule has 0 unspecified atom stereocenters. The van der Waals surface area contributed by atoms with Crippen molar-refractivity contribution in [3.05, 3.63) is 33.9 Å². The van der Waals surface area contributed by atoms with Crippen molar-refractivity contribution < 1.29 is 22.9 Å². The number of nitro groups is 1. The molecule has 1 heterocycles. The number of halogens is 3. The Labute approximate surface area is 124 Å². The van der Waals surface area contributed by atoms with Gasteiger partial charge in [0.1, 0.15) is 12.2 Å². The Morgan fingerprint density at radius 2 is 1.95 bits per heavy atom. The number of nitrogens with zero attached hydrogens (tertiary/aromatic N) is 2. The number of hydrogen-bond acceptors (Lipinski definition) is 4. The fourth-order valence-electron chi connectivity index (χ4n) is 2.32. The van der Waals surface area contributed by atoms with Crippen LogP contribution in [0.25, 0.3) is 0 Å². The quantitative estimate of drug-likeness (QED) is 0.684. The normalized spacial score (nSPS) is 15.0. The molecule has 120 valence electrons. The third kappa shape index (κ3) is 3.86. The second kappa shape index (κ2) is 6.20. The Balaban J connectivity index is 2.21. The Morgan fingerprint density at radius 3 is 2.50 bits per heavy atom. The lowest BCUT2D eigenvalue weighted by Gasteiger charge is -2.17.